The third-order valence-electron chi connectivity index (χ3n) is 3.30. The van der Waals surface area contributed by atoms with E-state index in [1.165, 1.54) is 0 Å². The highest BCUT2D eigenvalue weighted by atomic mass is 79.9. The second-order valence-electron chi connectivity index (χ2n) is 4.54. The van der Waals surface area contributed by atoms with E-state index in [-0.39, 0.29) is 16.9 Å². The molecule has 0 aliphatic carbocycles. The van der Waals surface area contributed by atoms with Gasteiger partial charge in [0.1, 0.15) is 9.84 Å². The van der Waals surface area contributed by atoms with E-state index in [4.69, 9.17) is 0 Å². The number of halogens is 3. The first kappa shape index (κ1) is 17.7. The zero-order valence-electron chi connectivity index (χ0n) is 10.7. The molecule has 0 aliphatic heterocycles. The minimum absolute atomic E-state index is 0.192. The van der Waals surface area contributed by atoms with Crippen molar-refractivity contribution in [1.82, 2.24) is 0 Å². The first-order chi connectivity index (χ1) is 8.89. The molecular formula is C13H17Br3O2S. The number of hydrogen-bond acceptors (Lipinski definition) is 2. The second kappa shape index (κ2) is 7.57. The van der Waals surface area contributed by atoms with E-state index in [9.17, 15) is 8.42 Å². The molecule has 1 rings (SSSR count). The summed E-state index contributed by atoms with van der Waals surface area (Å²) in [5.41, 5.74) is 0.957. The van der Waals surface area contributed by atoms with Gasteiger partial charge in [-0.1, -0.05) is 66.8 Å². The van der Waals surface area contributed by atoms with Crippen LogP contribution in [0.15, 0.2) is 28.7 Å². The molecule has 0 amide bonds. The Bertz CT molecular complexity index is 493. The number of rotatable bonds is 7. The SMILES string of the molecule is CCS(=O)(=O)CCC(CBr)(CBr)c1ccc(Br)cc1. The third kappa shape index (κ3) is 4.83. The van der Waals surface area contributed by atoms with Crippen LogP contribution in [0.25, 0.3) is 0 Å². The summed E-state index contributed by atoms with van der Waals surface area (Å²) in [4.78, 5) is 0. The Morgan fingerprint density at radius 3 is 2.05 bits per heavy atom. The third-order valence-corrected chi connectivity index (χ3v) is 7.68. The van der Waals surface area contributed by atoms with E-state index < -0.39 is 9.84 Å². The van der Waals surface area contributed by atoms with Gasteiger partial charge in [-0.2, -0.15) is 0 Å². The lowest BCUT2D eigenvalue weighted by atomic mass is 9.82. The van der Waals surface area contributed by atoms with Gasteiger partial charge in [0.25, 0.3) is 0 Å². The Morgan fingerprint density at radius 2 is 1.63 bits per heavy atom. The van der Waals surface area contributed by atoms with Crippen molar-refractivity contribution in [2.75, 3.05) is 22.2 Å². The molecule has 0 aliphatic rings. The first-order valence-electron chi connectivity index (χ1n) is 5.97. The van der Waals surface area contributed by atoms with Crippen LogP contribution in [0.4, 0.5) is 0 Å². The van der Waals surface area contributed by atoms with Crippen molar-refractivity contribution in [3.63, 3.8) is 0 Å². The van der Waals surface area contributed by atoms with Crippen molar-refractivity contribution in [1.29, 1.82) is 0 Å². The van der Waals surface area contributed by atoms with Gasteiger partial charge in [0.15, 0.2) is 0 Å². The van der Waals surface area contributed by atoms with Crippen molar-refractivity contribution in [2.24, 2.45) is 0 Å². The first-order valence-corrected chi connectivity index (χ1v) is 10.8. The minimum Gasteiger partial charge on any atom is -0.229 e. The standard InChI is InChI=1S/C13H17Br3O2S/c1-2-19(17,18)8-7-13(9-14,10-15)11-3-5-12(16)6-4-11/h3-6H,2,7-10H2,1H3. The minimum atomic E-state index is -2.94. The maximum Gasteiger partial charge on any atom is 0.150 e. The summed E-state index contributed by atoms with van der Waals surface area (Å²) >= 11 is 10.5. The molecule has 0 N–H and O–H groups in total. The van der Waals surface area contributed by atoms with Gasteiger partial charge in [-0.05, 0) is 24.1 Å². The van der Waals surface area contributed by atoms with E-state index in [1.807, 2.05) is 24.3 Å². The zero-order valence-corrected chi connectivity index (χ0v) is 16.3. The number of benzene rings is 1. The maximum absolute atomic E-state index is 11.7. The number of sulfone groups is 1. The Hall–Kier alpha value is 0.610. The topological polar surface area (TPSA) is 34.1 Å². The Kier molecular flexibility index (Phi) is 7.04. The van der Waals surface area contributed by atoms with Crippen molar-refractivity contribution in [2.45, 2.75) is 18.8 Å². The van der Waals surface area contributed by atoms with E-state index >= 15 is 0 Å². The summed E-state index contributed by atoms with van der Waals surface area (Å²) in [6.45, 7) is 1.69. The van der Waals surface area contributed by atoms with Crippen LogP contribution in [-0.4, -0.2) is 30.6 Å². The largest absolute Gasteiger partial charge is 0.229 e. The van der Waals surface area contributed by atoms with Crippen molar-refractivity contribution in [3.8, 4) is 0 Å². The summed E-state index contributed by atoms with van der Waals surface area (Å²) in [5, 5.41) is 1.46. The second-order valence-corrected chi connectivity index (χ2v) is 9.05. The summed E-state index contributed by atoms with van der Waals surface area (Å²) in [6.07, 6.45) is 0.612. The van der Waals surface area contributed by atoms with Crippen LogP contribution >= 0.6 is 47.8 Å². The van der Waals surface area contributed by atoms with E-state index in [0.29, 0.717) is 6.42 Å². The monoisotopic (exact) mass is 474 g/mol. The van der Waals surface area contributed by atoms with Crippen LogP contribution in [-0.2, 0) is 15.3 Å². The smallest absolute Gasteiger partial charge is 0.150 e. The summed E-state index contributed by atoms with van der Waals surface area (Å²) < 4.78 is 24.5. The molecule has 2 nitrogen and oxygen atoms in total. The van der Waals surface area contributed by atoms with Crippen molar-refractivity contribution in [3.05, 3.63) is 34.3 Å². The fourth-order valence-electron chi connectivity index (χ4n) is 1.77. The normalized spacial score (nSPS) is 12.6. The quantitative estimate of drug-likeness (QED) is 0.550. The summed E-state index contributed by atoms with van der Waals surface area (Å²) in [6, 6.07) is 8.07. The molecule has 19 heavy (non-hydrogen) atoms. The highest BCUT2D eigenvalue weighted by Gasteiger charge is 2.31. The van der Waals surface area contributed by atoms with Crippen LogP contribution in [0, 0.1) is 0 Å². The molecular weight excluding hydrogens is 460 g/mol. The van der Waals surface area contributed by atoms with Gasteiger partial charge in [-0.15, -0.1) is 0 Å². The molecule has 108 valence electrons. The summed E-state index contributed by atoms with van der Waals surface area (Å²) in [5.74, 6) is 0.421. The molecule has 6 heteroatoms. The van der Waals surface area contributed by atoms with Crippen LogP contribution in [0.3, 0.4) is 0 Å². The molecule has 0 saturated carbocycles. The zero-order chi connectivity index (χ0) is 14.5. The number of alkyl halides is 2. The lowest BCUT2D eigenvalue weighted by molar-refractivity contribution is 0.523. The molecule has 0 atom stereocenters. The van der Waals surface area contributed by atoms with Gasteiger partial charge in [0, 0.05) is 26.3 Å². The molecule has 0 fully saturated rings. The fraction of sp³-hybridized carbons (Fsp3) is 0.538. The van der Waals surface area contributed by atoms with Crippen LogP contribution in [0.5, 0.6) is 0 Å². The Labute approximate surface area is 140 Å². The predicted octanol–water partition coefficient (Wildman–Crippen LogP) is 4.30. The van der Waals surface area contributed by atoms with Gasteiger partial charge in [-0.3, -0.25) is 0 Å². The van der Waals surface area contributed by atoms with Gasteiger partial charge >= 0.3 is 0 Å². The van der Waals surface area contributed by atoms with Crippen molar-refractivity contribution >= 4 is 57.6 Å². The van der Waals surface area contributed by atoms with E-state index in [1.54, 1.807) is 6.92 Å². The molecule has 1 aromatic rings. The lowest BCUT2D eigenvalue weighted by Gasteiger charge is -2.30. The Balaban J connectivity index is 3.00. The van der Waals surface area contributed by atoms with Crippen LogP contribution in [0.2, 0.25) is 0 Å². The molecule has 0 saturated heterocycles. The Morgan fingerprint density at radius 1 is 1.11 bits per heavy atom. The van der Waals surface area contributed by atoms with Crippen LogP contribution < -0.4 is 0 Å². The highest BCUT2D eigenvalue weighted by molar-refractivity contribution is 9.10. The van der Waals surface area contributed by atoms with Gasteiger partial charge in [0.2, 0.25) is 0 Å². The molecule has 0 aromatic heterocycles. The highest BCUT2D eigenvalue weighted by Crippen LogP contribution is 2.33. The van der Waals surface area contributed by atoms with E-state index in [2.05, 4.69) is 47.8 Å². The molecule has 0 bridgehead atoms. The van der Waals surface area contributed by atoms with Gasteiger partial charge in [0.05, 0.1) is 5.75 Å². The molecule has 0 radical (unpaired) electrons. The fourth-order valence-corrected chi connectivity index (χ4v) is 5.16. The van der Waals surface area contributed by atoms with Gasteiger partial charge < -0.3 is 0 Å². The number of hydrogen-bond donors (Lipinski definition) is 0. The van der Waals surface area contributed by atoms with Crippen LogP contribution in [0.1, 0.15) is 18.9 Å². The van der Waals surface area contributed by atoms with Gasteiger partial charge in [-0.25, -0.2) is 8.42 Å². The molecule has 0 spiro atoms. The molecule has 0 heterocycles. The molecule has 0 unspecified atom stereocenters. The van der Waals surface area contributed by atoms with Crippen molar-refractivity contribution < 1.29 is 8.42 Å². The average molecular weight is 477 g/mol. The lowest BCUT2D eigenvalue weighted by Crippen LogP contribution is -2.33. The summed E-state index contributed by atoms with van der Waals surface area (Å²) in [7, 11) is -2.94. The van der Waals surface area contributed by atoms with E-state index in [0.717, 1.165) is 20.7 Å². The average Bonchev–Trinajstić information content (AvgIpc) is 2.42. The molecule has 1 aromatic carbocycles. The predicted molar refractivity (Wildman–Crippen MR) is 92.4 cm³/mol. The maximum atomic E-state index is 11.7.